The predicted molar refractivity (Wildman–Crippen MR) is 107 cm³/mol. The van der Waals surface area contributed by atoms with Crippen LogP contribution in [0.5, 0.6) is 0 Å². The second-order valence-corrected chi connectivity index (χ2v) is 9.80. The zero-order valence-electron chi connectivity index (χ0n) is 15.1. The summed E-state index contributed by atoms with van der Waals surface area (Å²) < 4.78 is 40.5. The quantitative estimate of drug-likeness (QED) is 0.705. The first kappa shape index (κ1) is 19.0. The van der Waals surface area contributed by atoms with E-state index in [1.54, 1.807) is 13.0 Å². The second-order valence-electron chi connectivity index (χ2n) is 6.55. The summed E-state index contributed by atoms with van der Waals surface area (Å²) in [5.74, 6) is -0.900. The van der Waals surface area contributed by atoms with Crippen LogP contribution >= 0.6 is 11.3 Å². The molecule has 9 heteroatoms. The van der Waals surface area contributed by atoms with E-state index in [0.717, 1.165) is 22.5 Å². The fourth-order valence-corrected chi connectivity index (χ4v) is 5.44. The molecule has 0 bridgehead atoms. The van der Waals surface area contributed by atoms with Gasteiger partial charge in [0.2, 0.25) is 15.9 Å². The van der Waals surface area contributed by atoms with E-state index in [2.05, 4.69) is 10.3 Å². The number of thiazole rings is 1. The van der Waals surface area contributed by atoms with Gasteiger partial charge in [0.1, 0.15) is 11.9 Å². The lowest BCUT2D eigenvalue weighted by molar-refractivity contribution is -0.120. The number of halogens is 1. The van der Waals surface area contributed by atoms with Gasteiger partial charge in [0, 0.05) is 6.54 Å². The normalized spacial score (nSPS) is 17.4. The van der Waals surface area contributed by atoms with Gasteiger partial charge in [-0.15, -0.1) is 0 Å². The van der Waals surface area contributed by atoms with Gasteiger partial charge in [-0.3, -0.25) is 4.79 Å². The Labute approximate surface area is 166 Å². The molecule has 0 aliphatic carbocycles. The van der Waals surface area contributed by atoms with Crippen LogP contribution in [0.1, 0.15) is 18.1 Å². The van der Waals surface area contributed by atoms with Gasteiger partial charge in [-0.1, -0.05) is 35.6 Å². The minimum absolute atomic E-state index is 0.0840. The van der Waals surface area contributed by atoms with Gasteiger partial charge in [-0.25, -0.2) is 17.8 Å². The lowest BCUT2D eigenvalue weighted by Crippen LogP contribution is -2.51. The minimum Gasteiger partial charge on any atom is -0.301 e. The lowest BCUT2D eigenvalue weighted by atomic mass is 9.95. The predicted octanol–water partition coefficient (Wildman–Crippen LogP) is 3.15. The first-order valence-electron chi connectivity index (χ1n) is 8.80. The van der Waals surface area contributed by atoms with E-state index in [1.165, 1.54) is 16.4 Å². The molecule has 1 N–H and O–H groups in total. The summed E-state index contributed by atoms with van der Waals surface area (Å²) in [7, 11) is -3.57. The maximum Gasteiger partial charge on any atom is 0.244 e. The van der Waals surface area contributed by atoms with Gasteiger partial charge >= 0.3 is 0 Å². The Hall–Kier alpha value is -2.36. The molecule has 1 aliphatic heterocycles. The number of fused-ring (bicyclic) bond motifs is 2. The summed E-state index contributed by atoms with van der Waals surface area (Å²) in [6.07, 6.45) is 0.292. The second kappa shape index (κ2) is 7.23. The molecule has 1 amide bonds. The van der Waals surface area contributed by atoms with Crippen LogP contribution in [0.3, 0.4) is 0 Å². The molecule has 2 aromatic carbocycles. The van der Waals surface area contributed by atoms with Gasteiger partial charge in [0.15, 0.2) is 5.13 Å². The van der Waals surface area contributed by atoms with Crippen LogP contribution in [0.2, 0.25) is 0 Å². The summed E-state index contributed by atoms with van der Waals surface area (Å²) in [5, 5.41) is 3.04. The monoisotopic (exact) mass is 419 g/mol. The van der Waals surface area contributed by atoms with Gasteiger partial charge in [0.25, 0.3) is 0 Å². The highest BCUT2D eigenvalue weighted by Gasteiger charge is 2.38. The number of nitrogens with one attached hydrogen (secondary N) is 1. The summed E-state index contributed by atoms with van der Waals surface area (Å²) in [5.41, 5.74) is 2.43. The van der Waals surface area contributed by atoms with Crippen molar-refractivity contribution in [2.45, 2.75) is 25.9 Å². The first-order chi connectivity index (χ1) is 13.4. The number of anilines is 1. The van der Waals surface area contributed by atoms with Crippen molar-refractivity contribution >= 4 is 42.6 Å². The van der Waals surface area contributed by atoms with Crippen LogP contribution in [0.4, 0.5) is 9.52 Å². The Bertz CT molecular complexity index is 1160. The van der Waals surface area contributed by atoms with Crippen molar-refractivity contribution in [3.05, 3.63) is 59.4 Å². The Morgan fingerprint density at radius 3 is 2.79 bits per heavy atom. The molecule has 0 unspecified atom stereocenters. The molecule has 6 nitrogen and oxygen atoms in total. The maximum absolute atomic E-state index is 13.4. The summed E-state index contributed by atoms with van der Waals surface area (Å²) in [6, 6.07) is 10.9. The highest BCUT2D eigenvalue weighted by Crippen LogP contribution is 2.29. The Kier molecular flexibility index (Phi) is 4.90. The number of carbonyl (C=O) groups is 1. The Morgan fingerprint density at radius 2 is 2.04 bits per heavy atom. The van der Waals surface area contributed by atoms with E-state index >= 15 is 0 Å². The molecule has 2 heterocycles. The van der Waals surface area contributed by atoms with Crippen molar-refractivity contribution in [1.82, 2.24) is 9.29 Å². The average molecular weight is 420 g/mol. The average Bonchev–Trinajstić information content (AvgIpc) is 3.08. The van der Waals surface area contributed by atoms with Crippen LogP contribution in [0.25, 0.3) is 10.2 Å². The lowest BCUT2D eigenvalue weighted by Gasteiger charge is -2.34. The highest BCUT2D eigenvalue weighted by atomic mass is 32.2. The van der Waals surface area contributed by atoms with Gasteiger partial charge < -0.3 is 5.32 Å². The smallest absolute Gasteiger partial charge is 0.244 e. The summed E-state index contributed by atoms with van der Waals surface area (Å²) >= 11 is 1.15. The van der Waals surface area contributed by atoms with Crippen molar-refractivity contribution < 1.29 is 17.6 Å². The third-order valence-corrected chi connectivity index (χ3v) is 7.57. The molecular weight excluding hydrogens is 401 g/mol. The Balaban J connectivity index is 1.65. The summed E-state index contributed by atoms with van der Waals surface area (Å²) in [6.45, 7) is 1.72. The van der Waals surface area contributed by atoms with Crippen molar-refractivity contribution in [3.8, 4) is 0 Å². The van der Waals surface area contributed by atoms with Crippen LogP contribution in [0.15, 0.2) is 42.5 Å². The zero-order chi connectivity index (χ0) is 19.9. The maximum atomic E-state index is 13.4. The number of benzene rings is 2. The van der Waals surface area contributed by atoms with E-state index in [1.807, 2.05) is 24.3 Å². The van der Waals surface area contributed by atoms with Crippen LogP contribution in [-0.4, -0.2) is 35.4 Å². The number of aromatic nitrogens is 1. The molecule has 1 aliphatic rings. The van der Waals surface area contributed by atoms with Crippen LogP contribution in [-0.2, 0) is 27.8 Å². The van der Waals surface area contributed by atoms with Crippen molar-refractivity contribution in [3.63, 3.8) is 0 Å². The fraction of sp³-hybridized carbons (Fsp3) is 0.263. The molecule has 146 valence electrons. The number of carbonyl (C=O) groups excluding carboxylic acids is 1. The summed E-state index contributed by atoms with van der Waals surface area (Å²) in [4.78, 5) is 17.3. The van der Waals surface area contributed by atoms with Crippen LogP contribution < -0.4 is 5.32 Å². The fourth-order valence-electron chi connectivity index (χ4n) is 3.32. The van der Waals surface area contributed by atoms with Crippen LogP contribution in [0, 0.1) is 5.82 Å². The number of sulfonamides is 1. The number of hydrogen-bond acceptors (Lipinski definition) is 5. The van der Waals surface area contributed by atoms with E-state index < -0.39 is 22.0 Å². The standard InChI is InChI=1S/C19H18FN3O3S2/c1-2-28(25,26)23-11-13-6-4-3-5-12(13)9-16(23)18(24)22-19-21-15-8-7-14(20)10-17(15)27-19/h3-8,10,16H,2,9,11H2,1H3,(H,21,22,24)/t16-/m0/s1. The van der Waals surface area contributed by atoms with Gasteiger partial charge in [-0.2, -0.15) is 4.31 Å². The number of rotatable bonds is 4. The highest BCUT2D eigenvalue weighted by molar-refractivity contribution is 7.89. The molecule has 28 heavy (non-hydrogen) atoms. The molecular formula is C19H18FN3O3S2. The molecule has 0 saturated heterocycles. The van der Waals surface area contributed by atoms with Crippen molar-refractivity contribution in [2.24, 2.45) is 0 Å². The first-order valence-corrected chi connectivity index (χ1v) is 11.2. The largest absolute Gasteiger partial charge is 0.301 e. The van der Waals surface area contributed by atoms with E-state index in [-0.39, 0.29) is 18.1 Å². The Morgan fingerprint density at radius 1 is 1.29 bits per heavy atom. The number of hydrogen-bond donors (Lipinski definition) is 1. The third kappa shape index (κ3) is 3.52. The van der Waals surface area contributed by atoms with Gasteiger partial charge in [0.05, 0.1) is 16.0 Å². The molecule has 1 aromatic heterocycles. The molecule has 0 radical (unpaired) electrons. The minimum atomic E-state index is -3.57. The van der Waals surface area contributed by atoms with Gasteiger partial charge in [-0.05, 0) is 42.7 Å². The zero-order valence-corrected chi connectivity index (χ0v) is 16.7. The van der Waals surface area contributed by atoms with E-state index in [0.29, 0.717) is 21.8 Å². The van der Waals surface area contributed by atoms with Crippen molar-refractivity contribution in [1.29, 1.82) is 0 Å². The molecule has 3 aromatic rings. The SMILES string of the molecule is CCS(=O)(=O)N1Cc2ccccc2C[C@H]1C(=O)Nc1nc2ccc(F)cc2s1. The molecule has 4 rings (SSSR count). The third-order valence-electron chi connectivity index (χ3n) is 4.81. The topological polar surface area (TPSA) is 79.4 Å². The molecule has 1 atom stereocenters. The van der Waals surface area contributed by atoms with E-state index in [9.17, 15) is 17.6 Å². The van der Waals surface area contributed by atoms with E-state index in [4.69, 9.17) is 0 Å². The van der Waals surface area contributed by atoms with Crippen molar-refractivity contribution in [2.75, 3.05) is 11.1 Å². The number of nitrogens with zero attached hydrogens (tertiary/aromatic N) is 2. The number of amides is 1. The molecule has 0 fully saturated rings. The molecule has 0 spiro atoms. The molecule has 0 saturated carbocycles.